The lowest BCUT2D eigenvalue weighted by Crippen LogP contribution is -2.12. The summed E-state index contributed by atoms with van der Waals surface area (Å²) in [5.74, 6) is 0.704. The fourth-order valence-corrected chi connectivity index (χ4v) is 4.39. The molecule has 2 saturated carbocycles. The Morgan fingerprint density at radius 2 is 1.00 bits per heavy atom. The quantitative estimate of drug-likeness (QED) is 0.646. The van der Waals surface area contributed by atoms with E-state index in [1.165, 1.54) is 0 Å². The second-order valence-corrected chi connectivity index (χ2v) is 9.02. The van der Waals surface area contributed by atoms with Crippen molar-refractivity contribution in [1.29, 1.82) is 0 Å². The molecule has 2 aliphatic carbocycles. The third-order valence-corrected chi connectivity index (χ3v) is 6.79. The number of hydrogen-bond donors (Lipinski definition) is 2. The Hall–Kier alpha value is -1.92. The second-order valence-electron chi connectivity index (χ2n) is 6.74. The van der Waals surface area contributed by atoms with Gasteiger partial charge in [0.1, 0.15) is 0 Å². The average Bonchev–Trinajstić information content (AvgIpc) is 3.54. The van der Waals surface area contributed by atoms with Crippen LogP contribution in [0.5, 0.6) is 0 Å². The maximum Gasteiger partial charge on any atom is 0.227 e. The smallest absolute Gasteiger partial charge is 0.227 e. The molecule has 4 rings (SSSR count). The Labute approximate surface area is 160 Å². The van der Waals surface area contributed by atoms with Crippen LogP contribution in [0.25, 0.3) is 0 Å². The van der Waals surface area contributed by atoms with Crippen molar-refractivity contribution < 1.29 is 9.59 Å². The molecule has 6 heteroatoms. The molecule has 0 unspecified atom stereocenters. The zero-order chi connectivity index (χ0) is 17.9. The molecule has 4 nitrogen and oxygen atoms in total. The van der Waals surface area contributed by atoms with Crippen LogP contribution in [0.3, 0.4) is 0 Å². The minimum absolute atomic E-state index is 0.133. The first-order chi connectivity index (χ1) is 12.7. The van der Waals surface area contributed by atoms with E-state index < -0.39 is 0 Å². The number of anilines is 2. The van der Waals surface area contributed by atoms with Gasteiger partial charge in [0.05, 0.1) is 0 Å². The molecule has 134 valence electrons. The molecule has 0 radical (unpaired) electrons. The van der Waals surface area contributed by atoms with Gasteiger partial charge in [-0.2, -0.15) is 0 Å². The lowest BCUT2D eigenvalue weighted by atomic mass is 10.3. The molecular formula is C20H20N2O2S2. The van der Waals surface area contributed by atoms with E-state index in [1.54, 1.807) is 21.6 Å². The highest BCUT2D eigenvalue weighted by molar-refractivity contribution is 8.76. The lowest BCUT2D eigenvalue weighted by Gasteiger charge is -2.07. The molecule has 2 amide bonds. The zero-order valence-electron chi connectivity index (χ0n) is 14.2. The van der Waals surface area contributed by atoms with Crippen molar-refractivity contribution in [1.82, 2.24) is 0 Å². The SMILES string of the molecule is O=C(Nc1ccc(SSc2ccc(NC(=O)C3CC3)cc2)cc1)C1CC1. The monoisotopic (exact) mass is 384 g/mol. The number of benzene rings is 2. The van der Waals surface area contributed by atoms with Gasteiger partial charge >= 0.3 is 0 Å². The van der Waals surface area contributed by atoms with E-state index in [0.29, 0.717) is 0 Å². The summed E-state index contributed by atoms with van der Waals surface area (Å²) in [5, 5.41) is 5.90. The summed E-state index contributed by atoms with van der Waals surface area (Å²) >= 11 is 0. The predicted molar refractivity (Wildman–Crippen MR) is 107 cm³/mol. The van der Waals surface area contributed by atoms with Crippen LogP contribution >= 0.6 is 21.6 Å². The Morgan fingerprint density at radius 3 is 1.31 bits per heavy atom. The number of carbonyl (C=O) groups excluding carboxylic acids is 2. The minimum Gasteiger partial charge on any atom is -0.326 e. The minimum atomic E-state index is 0.133. The molecule has 0 bridgehead atoms. The van der Waals surface area contributed by atoms with E-state index in [1.807, 2.05) is 48.5 Å². The molecule has 26 heavy (non-hydrogen) atoms. The molecule has 0 spiro atoms. The highest BCUT2D eigenvalue weighted by atomic mass is 33.1. The van der Waals surface area contributed by atoms with Crippen LogP contribution in [-0.4, -0.2) is 11.8 Å². The Morgan fingerprint density at radius 1 is 0.654 bits per heavy atom. The van der Waals surface area contributed by atoms with E-state index >= 15 is 0 Å². The highest BCUT2D eigenvalue weighted by Gasteiger charge is 2.30. The van der Waals surface area contributed by atoms with Gasteiger partial charge in [-0.15, -0.1) is 0 Å². The number of nitrogens with one attached hydrogen (secondary N) is 2. The summed E-state index contributed by atoms with van der Waals surface area (Å²) in [6.07, 6.45) is 4.05. The molecule has 2 aromatic rings. The van der Waals surface area contributed by atoms with Gasteiger partial charge in [-0.1, -0.05) is 21.6 Å². The second kappa shape index (κ2) is 7.76. The maximum absolute atomic E-state index is 11.8. The fraction of sp³-hybridized carbons (Fsp3) is 0.300. The van der Waals surface area contributed by atoms with Crippen LogP contribution in [0.2, 0.25) is 0 Å². The van der Waals surface area contributed by atoms with Gasteiger partial charge in [-0.25, -0.2) is 0 Å². The third-order valence-electron chi connectivity index (χ3n) is 4.37. The van der Waals surface area contributed by atoms with E-state index in [4.69, 9.17) is 0 Å². The molecule has 0 heterocycles. The molecule has 2 N–H and O–H groups in total. The maximum atomic E-state index is 11.8. The predicted octanol–water partition coefficient (Wildman–Crippen LogP) is 5.18. The third kappa shape index (κ3) is 4.83. The van der Waals surface area contributed by atoms with Crippen LogP contribution in [-0.2, 0) is 9.59 Å². The summed E-state index contributed by atoms with van der Waals surface area (Å²) in [4.78, 5) is 25.8. The Bertz CT molecular complexity index is 728. The zero-order valence-corrected chi connectivity index (χ0v) is 15.9. The summed E-state index contributed by atoms with van der Waals surface area (Å²) in [6, 6.07) is 15.8. The normalized spacial score (nSPS) is 16.2. The van der Waals surface area contributed by atoms with Gasteiger partial charge in [0, 0.05) is 33.0 Å². The first-order valence-corrected chi connectivity index (χ1v) is 11.0. The molecule has 0 saturated heterocycles. The van der Waals surface area contributed by atoms with Gasteiger partial charge in [0.2, 0.25) is 11.8 Å². The van der Waals surface area contributed by atoms with Gasteiger partial charge in [-0.3, -0.25) is 9.59 Å². The molecule has 0 aliphatic heterocycles. The van der Waals surface area contributed by atoms with Crippen LogP contribution < -0.4 is 10.6 Å². The van der Waals surface area contributed by atoms with Crippen LogP contribution in [0.4, 0.5) is 11.4 Å². The van der Waals surface area contributed by atoms with E-state index in [2.05, 4.69) is 10.6 Å². The first kappa shape index (κ1) is 17.5. The lowest BCUT2D eigenvalue weighted by molar-refractivity contribution is -0.118. The Kier molecular flexibility index (Phi) is 5.22. The van der Waals surface area contributed by atoms with E-state index in [-0.39, 0.29) is 23.7 Å². The first-order valence-electron chi connectivity index (χ1n) is 8.84. The number of amides is 2. The van der Waals surface area contributed by atoms with Crippen molar-refractivity contribution in [3.63, 3.8) is 0 Å². The highest BCUT2D eigenvalue weighted by Crippen LogP contribution is 2.38. The van der Waals surface area contributed by atoms with Gasteiger partial charge in [0.15, 0.2) is 0 Å². The van der Waals surface area contributed by atoms with Crippen molar-refractivity contribution in [3.05, 3.63) is 48.5 Å². The molecule has 2 aromatic carbocycles. The van der Waals surface area contributed by atoms with Crippen molar-refractivity contribution in [3.8, 4) is 0 Å². The van der Waals surface area contributed by atoms with Crippen LogP contribution in [0.15, 0.2) is 58.3 Å². The van der Waals surface area contributed by atoms with Crippen molar-refractivity contribution in [2.75, 3.05) is 10.6 Å². The molecule has 2 fully saturated rings. The summed E-state index contributed by atoms with van der Waals surface area (Å²) < 4.78 is 0. The van der Waals surface area contributed by atoms with E-state index in [9.17, 15) is 9.59 Å². The van der Waals surface area contributed by atoms with Crippen LogP contribution in [0, 0.1) is 11.8 Å². The number of hydrogen-bond acceptors (Lipinski definition) is 4. The van der Waals surface area contributed by atoms with E-state index in [0.717, 1.165) is 46.8 Å². The summed E-state index contributed by atoms with van der Waals surface area (Å²) in [6.45, 7) is 0. The summed E-state index contributed by atoms with van der Waals surface area (Å²) in [5.41, 5.74) is 1.71. The van der Waals surface area contributed by atoms with Gasteiger partial charge < -0.3 is 10.6 Å². The largest absolute Gasteiger partial charge is 0.326 e. The number of rotatable bonds is 7. The Balaban J connectivity index is 1.26. The van der Waals surface area contributed by atoms with Gasteiger partial charge in [0.25, 0.3) is 0 Å². The molecule has 0 aromatic heterocycles. The van der Waals surface area contributed by atoms with Crippen LogP contribution in [0.1, 0.15) is 25.7 Å². The van der Waals surface area contributed by atoms with Gasteiger partial charge in [-0.05, 0) is 74.2 Å². The molecule has 2 aliphatic rings. The molecule has 0 atom stereocenters. The van der Waals surface area contributed by atoms with Crippen molar-refractivity contribution in [2.45, 2.75) is 35.5 Å². The average molecular weight is 385 g/mol. The fourth-order valence-electron chi connectivity index (χ4n) is 2.46. The topological polar surface area (TPSA) is 58.2 Å². The molecular weight excluding hydrogens is 364 g/mol. The summed E-state index contributed by atoms with van der Waals surface area (Å²) in [7, 11) is 3.34. The standard InChI is InChI=1S/C20H20N2O2S2/c23-19(13-1-2-13)21-15-5-9-17(10-6-15)25-26-18-11-7-16(8-12-18)22-20(24)14-3-4-14/h5-14H,1-4H2,(H,21,23)(H,22,24). The number of carbonyl (C=O) groups is 2. The van der Waals surface area contributed by atoms with Crippen molar-refractivity contribution in [2.24, 2.45) is 11.8 Å². The van der Waals surface area contributed by atoms with Crippen molar-refractivity contribution >= 4 is 44.8 Å².